The molecule has 1 unspecified atom stereocenters. The Labute approximate surface area is 116 Å². The third-order valence-electron chi connectivity index (χ3n) is 2.65. The van der Waals surface area contributed by atoms with Crippen molar-refractivity contribution < 1.29 is 9.18 Å². The van der Waals surface area contributed by atoms with Gasteiger partial charge in [0.15, 0.2) is 0 Å². The molecule has 1 atom stereocenters. The third-order valence-corrected chi connectivity index (χ3v) is 3.21. The van der Waals surface area contributed by atoms with Crippen LogP contribution in [0.15, 0.2) is 24.3 Å². The van der Waals surface area contributed by atoms with E-state index in [0.29, 0.717) is 6.42 Å². The second kappa shape index (κ2) is 8.25. The SMILES string of the molecule is CC(Cc1ccc(F)cc1)NC(=O)CCCCBr. The standard InChI is InChI=1S/C14H19BrFNO/c1-11(17-14(18)4-2-3-9-15)10-12-5-7-13(16)8-6-12/h5-8,11H,2-4,9-10H2,1H3,(H,17,18). The average molecular weight is 316 g/mol. The fourth-order valence-corrected chi connectivity index (χ4v) is 2.15. The number of hydrogen-bond acceptors (Lipinski definition) is 1. The number of amides is 1. The quantitative estimate of drug-likeness (QED) is 0.606. The van der Waals surface area contributed by atoms with Crippen LogP contribution < -0.4 is 5.32 Å². The maximum absolute atomic E-state index is 12.7. The Morgan fingerprint density at radius 2 is 2.00 bits per heavy atom. The first kappa shape index (κ1) is 15.2. The molecule has 1 amide bonds. The molecule has 0 aromatic heterocycles. The average Bonchev–Trinajstić information content (AvgIpc) is 2.32. The van der Waals surface area contributed by atoms with Gasteiger partial charge in [-0.15, -0.1) is 0 Å². The van der Waals surface area contributed by atoms with Crippen molar-refractivity contribution in [2.75, 3.05) is 5.33 Å². The summed E-state index contributed by atoms with van der Waals surface area (Å²) in [4.78, 5) is 11.6. The molecule has 1 aromatic carbocycles. The minimum Gasteiger partial charge on any atom is -0.353 e. The van der Waals surface area contributed by atoms with Gasteiger partial charge in [0.1, 0.15) is 5.82 Å². The largest absolute Gasteiger partial charge is 0.353 e. The molecule has 0 bridgehead atoms. The van der Waals surface area contributed by atoms with Crippen molar-refractivity contribution in [1.82, 2.24) is 5.32 Å². The van der Waals surface area contributed by atoms with E-state index in [2.05, 4.69) is 21.2 Å². The molecule has 0 saturated carbocycles. The molecule has 0 aliphatic heterocycles. The fourth-order valence-electron chi connectivity index (χ4n) is 1.75. The lowest BCUT2D eigenvalue weighted by molar-refractivity contribution is -0.121. The van der Waals surface area contributed by atoms with Crippen molar-refractivity contribution >= 4 is 21.8 Å². The highest BCUT2D eigenvalue weighted by Crippen LogP contribution is 2.06. The molecular formula is C14H19BrFNO. The minimum atomic E-state index is -0.231. The number of nitrogens with one attached hydrogen (secondary N) is 1. The van der Waals surface area contributed by atoms with E-state index in [1.807, 2.05) is 6.92 Å². The predicted molar refractivity (Wildman–Crippen MR) is 75.4 cm³/mol. The summed E-state index contributed by atoms with van der Waals surface area (Å²) in [6.07, 6.45) is 3.21. The first-order chi connectivity index (χ1) is 8.61. The van der Waals surface area contributed by atoms with Crippen molar-refractivity contribution in [1.29, 1.82) is 0 Å². The highest BCUT2D eigenvalue weighted by molar-refractivity contribution is 9.09. The van der Waals surface area contributed by atoms with E-state index in [1.165, 1.54) is 12.1 Å². The molecule has 0 fully saturated rings. The summed E-state index contributed by atoms with van der Waals surface area (Å²) >= 11 is 3.34. The molecule has 2 nitrogen and oxygen atoms in total. The first-order valence-electron chi connectivity index (χ1n) is 6.21. The van der Waals surface area contributed by atoms with Crippen LogP contribution in [0.4, 0.5) is 4.39 Å². The molecule has 0 aliphatic carbocycles. The molecule has 100 valence electrons. The lowest BCUT2D eigenvalue weighted by Gasteiger charge is -2.13. The maximum atomic E-state index is 12.7. The van der Waals surface area contributed by atoms with Crippen molar-refractivity contribution in [2.45, 2.75) is 38.6 Å². The van der Waals surface area contributed by atoms with Crippen molar-refractivity contribution in [3.63, 3.8) is 0 Å². The van der Waals surface area contributed by atoms with Gasteiger partial charge in [0.05, 0.1) is 0 Å². The first-order valence-corrected chi connectivity index (χ1v) is 7.33. The van der Waals surface area contributed by atoms with E-state index in [9.17, 15) is 9.18 Å². The molecule has 1 rings (SSSR count). The summed E-state index contributed by atoms with van der Waals surface area (Å²) < 4.78 is 12.7. The van der Waals surface area contributed by atoms with Crippen molar-refractivity contribution in [3.05, 3.63) is 35.6 Å². The van der Waals surface area contributed by atoms with Gasteiger partial charge in [-0.1, -0.05) is 28.1 Å². The highest BCUT2D eigenvalue weighted by atomic mass is 79.9. The minimum absolute atomic E-state index is 0.0759. The Morgan fingerprint density at radius 1 is 1.33 bits per heavy atom. The topological polar surface area (TPSA) is 29.1 Å². The maximum Gasteiger partial charge on any atom is 0.220 e. The molecule has 0 saturated heterocycles. The summed E-state index contributed by atoms with van der Waals surface area (Å²) in [5.74, 6) is -0.143. The molecular weight excluding hydrogens is 297 g/mol. The molecule has 1 N–H and O–H groups in total. The van der Waals surface area contributed by atoms with Crippen LogP contribution in [-0.2, 0) is 11.2 Å². The molecule has 1 aromatic rings. The Bertz CT molecular complexity index is 367. The summed E-state index contributed by atoms with van der Waals surface area (Å²) in [6, 6.07) is 6.47. The van der Waals surface area contributed by atoms with Crippen LogP contribution in [0.25, 0.3) is 0 Å². The van der Waals surface area contributed by atoms with Crippen LogP contribution in [-0.4, -0.2) is 17.3 Å². The molecule has 0 radical (unpaired) electrons. The number of rotatable bonds is 7. The van der Waals surface area contributed by atoms with Crippen LogP contribution in [0.2, 0.25) is 0 Å². The lowest BCUT2D eigenvalue weighted by Crippen LogP contribution is -2.33. The van der Waals surface area contributed by atoms with Gasteiger partial charge < -0.3 is 5.32 Å². The number of halogens is 2. The van der Waals surface area contributed by atoms with Gasteiger partial charge in [-0.2, -0.15) is 0 Å². The summed E-state index contributed by atoms with van der Waals surface area (Å²) in [5, 5.41) is 3.89. The van der Waals surface area contributed by atoms with E-state index in [-0.39, 0.29) is 17.8 Å². The zero-order valence-electron chi connectivity index (χ0n) is 10.6. The monoisotopic (exact) mass is 315 g/mol. The van der Waals surface area contributed by atoms with Crippen LogP contribution >= 0.6 is 15.9 Å². The summed E-state index contributed by atoms with van der Waals surface area (Å²) in [5.41, 5.74) is 1.03. The van der Waals surface area contributed by atoms with E-state index in [4.69, 9.17) is 0 Å². The van der Waals surface area contributed by atoms with E-state index in [0.717, 1.165) is 30.2 Å². The number of carbonyl (C=O) groups is 1. The number of benzene rings is 1. The van der Waals surface area contributed by atoms with Crippen LogP contribution in [0.3, 0.4) is 0 Å². The highest BCUT2D eigenvalue weighted by Gasteiger charge is 2.07. The van der Waals surface area contributed by atoms with Crippen LogP contribution in [0, 0.1) is 5.82 Å². The van der Waals surface area contributed by atoms with Gasteiger partial charge in [-0.25, -0.2) is 4.39 Å². The Morgan fingerprint density at radius 3 is 2.61 bits per heavy atom. The zero-order valence-corrected chi connectivity index (χ0v) is 12.2. The van der Waals surface area contributed by atoms with E-state index >= 15 is 0 Å². The van der Waals surface area contributed by atoms with Gasteiger partial charge in [-0.05, 0) is 43.9 Å². The molecule has 0 aliphatic rings. The second-order valence-corrected chi connectivity index (χ2v) is 5.24. The van der Waals surface area contributed by atoms with Crippen molar-refractivity contribution in [3.8, 4) is 0 Å². The summed E-state index contributed by atoms with van der Waals surface area (Å²) in [7, 11) is 0. The number of alkyl halides is 1. The van der Waals surface area contributed by atoms with Gasteiger partial charge in [0.2, 0.25) is 5.91 Å². The molecule has 4 heteroatoms. The normalized spacial score (nSPS) is 12.2. The van der Waals surface area contributed by atoms with E-state index < -0.39 is 0 Å². The molecule has 18 heavy (non-hydrogen) atoms. The predicted octanol–water partition coefficient (Wildman–Crippen LogP) is 3.44. The Balaban J connectivity index is 2.30. The number of hydrogen-bond donors (Lipinski definition) is 1. The Kier molecular flexibility index (Phi) is 6.94. The summed E-state index contributed by atoms with van der Waals surface area (Å²) in [6.45, 7) is 1.96. The second-order valence-electron chi connectivity index (χ2n) is 4.45. The van der Waals surface area contributed by atoms with Crippen molar-refractivity contribution in [2.24, 2.45) is 0 Å². The van der Waals surface area contributed by atoms with E-state index in [1.54, 1.807) is 12.1 Å². The lowest BCUT2D eigenvalue weighted by atomic mass is 10.1. The smallest absolute Gasteiger partial charge is 0.220 e. The molecule has 0 spiro atoms. The number of unbranched alkanes of at least 4 members (excludes halogenated alkanes) is 1. The van der Waals surface area contributed by atoms with Gasteiger partial charge in [0.25, 0.3) is 0 Å². The fraction of sp³-hybridized carbons (Fsp3) is 0.500. The number of carbonyl (C=O) groups excluding carboxylic acids is 1. The molecule has 0 heterocycles. The van der Waals surface area contributed by atoms with Crippen LogP contribution in [0.1, 0.15) is 31.7 Å². The van der Waals surface area contributed by atoms with Gasteiger partial charge >= 0.3 is 0 Å². The van der Waals surface area contributed by atoms with Gasteiger partial charge in [-0.3, -0.25) is 4.79 Å². The van der Waals surface area contributed by atoms with Gasteiger partial charge in [0, 0.05) is 17.8 Å². The zero-order chi connectivity index (χ0) is 13.4. The van der Waals surface area contributed by atoms with Crippen LogP contribution in [0.5, 0.6) is 0 Å². The third kappa shape index (κ3) is 6.15. The Hall–Kier alpha value is -0.900.